The molecule has 0 aliphatic heterocycles. The lowest BCUT2D eigenvalue weighted by Crippen LogP contribution is -2.32. The topological polar surface area (TPSA) is 26.0 Å². The lowest BCUT2D eigenvalue weighted by Gasteiger charge is -2.42. The number of hydrogen-bond donors (Lipinski definition) is 1. The maximum Gasteiger partial charge on any atom is -0.00773 e. The van der Waals surface area contributed by atoms with Crippen molar-refractivity contribution >= 4 is 0 Å². The second-order valence-corrected chi connectivity index (χ2v) is 13.2. The standard InChI is InChI=1S/C36H73N/c1-4-7-10-13-17-22-27-34-31-33(26-21-16-12-9-6-3)36(29-24-19-15-20-25-30-37)32-35(34)28-23-18-14-11-8-5-2/h33-36H,4-32,37H2,1-3H3. The first-order valence-corrected chi connectivity index (χ1v) is 18.0. The summed E-state index contributed by atoms with van der Waals surface area (Å²) >= 11 is 0. The highest BCUT2D eigenvalue weighted by atomic mass is 14.5. The van der Waals surface area contributed by atoms with Gasteiger partial charge in [0, 0.05) is 0 Å². The molecular formula is C36H73N. The molecule has 0 saturated heterocycles. The smallest absolute Gasteiger partial charge is 0.00773 e. The fraction of sp³-hybridized carbons (Fsp3) is 1.00. The van der Waals surface area contributed by atoms with Gasteiger partial charge in [0.05, 0.1) is 0 Å². The summed E-state index contributed by atoms with van der Waals surface area (Å²) in [6.07, 6.45) is 41.0. The summed E-state index contributed by atoms with van der Waals surface area (Å²) in [4.78, 5) is 0. The van der Waals surface area contributed by atoms with Gasteiger partial charge in [0.15, 0.2) is 0 Å². The zero-order chi connectivity index (χ0) is 26.8. The van der Waals surface area contributed by atoms with Crippen molar-refractivity contribution in [3.63, 3.8) is 0 Å². The first kappa shape index (κ1) is 35.0. The van der Waals surface area contributed by atoms with E-state index in [1.165, 1.54) is 154 Å². The predicted octanol–water partition coefficient (Wildman–Crippen LogP) is 12.4. The summed E-state index contributed by atoms with van der Waals surface area (Å²) in [5, 5.41) is 0. The fourth-order valence-electron chi connectivity index (χ4n) is 7.43. The summed E-state index contributed by atoms with van der Waals surface area (Å²) in [5.74, 6) is 4.16. The van der Waals surface area contributed by atoms with Crippen LogP contribution >= 0.6 is 0 Å². The van der Waals surface area contributed by atoms with Crippen LogP contribution in [0.4, 0.5) is 0 Å². The molecule has 0 spiro atoms. The highest BCUT2D eigenvalue weighted by Crippen LogP contribution is 2.46. The van der Waals surface area contributed by atoms with Crippen LogP contribution in [-0.4, -0.2) is 6.54 Å². The van der Waals surface area contributed by atoms with Crippen LogP contribution in [0.2, 0.25) is 0 Å². The van der Waals surface area contributed by atoms with Gasteiger partial charge >= 0.3 is 0 Å². The van der Waals surface area contributed by atoms with Gasteiger partial charge in [-0.3, -0.25) is 0 Å². The largest absolute Gasteiger partial charge is 0.330 e. The molecule has 0 aromatic rings. The van der Waals surface area contributed by atoms with Crippen LogP contribution in [0.1, 0.15) is 201 Å². The van der Waals surface area contributed by atoms with Crippen molar-refractivity contribution < 1.29 is 0 Å². The van der Waals surface area contributed by atoms with Gasteiger partial charge in [0.25, 0.3) is 0 Å². The third-order valence-electron chi connectivity index (χ3n) is 9.86. The minimum Gasteiger partial charge on any atom is -0.330 e. The SMILES string of the molecule is CCCCCCCCC1CC(CCCCCCC)C(CCCCCCCN)CC1CCCCCCCC. The van der Waals surface area contributed by atoms with E-state index in [4.69, 9.17) is 5.73 Å². The van der Waals surface area contributed by atoms with Crippen LogP contribution in [-0.2, 0) is 0 Å². The molecule has 1 fully saturated rings. The molecule has 0 amide bonds. The Morgan fingerprint density at radius 1 is 0.351 bits per heavy atom. The van der Waals surface area contributed by atoms with Crippen molar-refractivity contribution in [2.75, 3.05) is 6.54 Å². The van der Waals surface area contributed by atoms with Crippen LogP contribution in [0.25, 0.3) is 0 Å². The molecule has 0 aromatic carbocycles. The molecule has 0 bridgehead atoms. The van der Waals surface area contributed by atoms with E-state index in [1.54, 1.807) is 25.7 Å². The minimum absolute atomic E-state index is 0.878. The van der Waals surface area contributed by atoms with Gasteiger partial charge < -0.3 is 5.73 Å². The molecule has 222 valence electrons. The molecule has 1 aliphatic rings. The van der Waals surface area contributed by atoms with E-state index in [9.17, 15) is 0 Å². The van der Waals surface area contributed by atoms with Gasteiger partial charge in [-0.25, -0.2) is 0 Å². The Kier molecular flexibility index (Phi) is 24.8. The highest BCUT2D eigenvalue weighted by Gasteiger charge is 2.35. The Hall–Kier alpha value is -0.0400. The molecule has 4 unspecified atom stereocenters. The van der Waals surface area contributed by atoms with Crippen molar-refractivity contribution in [2.24, 2.45) is 29.4 Å². The van der Waals surface area contributed by atoms with Crippen LogP contribution in [0, 0.1) is 23.7 Å². The number of unbranched alkanes of at least 4 members (excludes halogenated alkanes) is 18. The average Bonchev–Trinajstić information content (AvgIpc) is 2.91. The number of hydrogen-bond acceptors (Lipinski definition) is 1. The molecule has 4 atom stereocenters. The van der Waals surface area contributed by atoms with Crippen molar-refractivity contribution in [3.8, 4) is 0 Å². The lowest BCUT2D eigenvalue weighted by atomic mass is 9.63. The van der Waals surface area contributed by atoms with Gasteiger partial charge in [-0.15, -0.1) is 0 Å². The van der Waals surface area contributed by atoms with Gasteiger partial charge in [-0.1, -0.05) is 181 Å². The zero-order valence-electron chi connectivity index (χ0n) is 26.4. The Labute approximate surface area is 236 Å². The van der Waals surface area contributed by atoms with Crippen molar-refractivity contribution in [1.82, 2.24) is 0 Å². The molecular weight excluding hydrogens is 446 g/mol. The number of nitrogens with two attached hydrogens (primary N) is 1. The van der Waals surface area contributed by atoms with Crippen LogP contribution in [0.3, 0.4) is 0 Å². The Morgan fingerprint density at radius 3 is 0.865 bits per heavy atom. The maximum absolute atomic E-state index is 5.72. The van der Waals surface area contributed by atoms with E-state index in [0.717, 1.165) is 30.2 Å². The molecule has 1 aliphatic carbocycles. The van der Waals surface area contributed by atoms with Gasteiger partial charge in [0.1, 0.15) is 0 Å². The van der Waals surface area contributed by atoms with Crippen LogP contribution in [0.5, 0.6) is 0 Å². The fourth-order valence-corrected chi connectivity index (χ4v) is 7.43. The van der Waals surface area contributed by atoms with E-state index >= 15 is 0 Å². The van der Waals surface area contributed by atoms with Crippen molar-refractivity contribution in [3.05, 3.63) is 0 Å². The molecule has 1 saturated carbocycles. The molecule has 1 rings (SSSR count). The van der Waals surface area contributed by atoms with Gasteiger partial charge in [-0.2, -0.15) is 0 Å². The molecule has 1 nitrogen and oxygen atoms in total. The first-order valence-electron chi connectivity index (χ1n) is 18.0. The third kappa shape index (κ3) is 18.8. The molecule has 0 aromatic heterocycles. The van der Waals surface area contributed by atoms with Crippen molar-refractivity contribution in [1.29, 1.82) is 0 Å². The van der Waals surface area contributed by atoms with Crippen molar-refractivity contribution in [2.45, 2.75) is 201 Å². The first-order chi connectivity index (χ1) is 18.3. The molecule has 37 heavy (non-hydrogen) atoms. The van der Waals surface area contributed by atoms with Gasteiger partial charge in [0.2, 0.25) is 0 Å². The van der Waals surface area contributed by atoms with Gasteiger partial charge in [-0.05, 0) is 49.5 Å². The monoisotopic (exact) mass is 520 g/mol. The molecule has 2 N–H and O–H groups in total. The normalized spacial score (nSPS) is 22.1. The Balaban J connectivity index is 2.65. The molecule has 1 heteroatoms. The average molecular weight is 520 g/mol. The molecule has 0 heterocycles. The summed E-state index contributed by atoms with van der Waals surface area (Å²) in [7, 11) is 0. The Morgan fingerprint density at radius 2 is 0.595 bits per heavy atom. The summed E-state index contributed by atoms with van der Waals surface area (Å²) < 4.78 is 0. The van der Waals surface area contributed by atoms with E-state index in [1.807, 2.05) is 0 Å². The summed E-state index contributed by atoms with van der Waals surface area (Å²) in [6.45, 7) is 7.91. The van der Waals surface area contributed by atoms with E-state index in [-0.39, 0.29) is 0 Å². The minimum atomic E-state index is 0.878. The zero-order valence-corrected chi connectivity index (χ0v) is 26.4. The van der Waals surface area contributed by atoms with E-state index < -0.39 is 0 Å². The summed E-state index contributed by atoms with van der Waals surface area (Å²) in [6, 6.07) is 0. The third-order valence-corrected chi connectivity index (χ3v) is 9.86. The highest BCUT2D eigenvalue weighted by molar-refractivity contribution is 4.86. The second-order valence-electron chi connectivity index (χ2n) is 13.2. The second kappa shape index (κ2) is 26.2. The van der Waals surface area contributed by atoms with E-state index in [2.05, 4.69) is 20.8 Å². The number of rotatable bonds is 27. The summed E-state index contributed by atoms with van der Waals surface area (Å²) in [5.41, 5.74) is 5.72. The lowest BCUT2D eigenvalue weighted by molar-refractivity contribution is 0.0814. The predicted molar refractivity (Wildman–Crippen MR) is 169 cm³/mol. The Bertz CT molecular complexity index is 446. The quantitative estimate of drug-likeness (QED) is 0.107. The van der Waals surface area contributed by atoms with Crippen LogP contribution in [0.15, 0.2) is 0 Å². The molecule has 0 radical (unpaired) electrons. The maximum atomic E-state index is 5.72. The van der Waals surface area contributed by atoms with E-state index in [0.29, 0.717) is 0 Å². The van der Waals surface area contributed by atoms with Crippen LogP contribution < -0.4 is 5.73 Å².